The van der Waals surface area contributed by atoms with Gasteiger partial charge in [-0.15, -0.1) is 0 Å². The van der Waals surface area contributed by atoms with Crippen LogP contribution in [0, 0.1) is 6.07 Å². The fourth-order valence-electron chi connectivity index (χ4n) is 4.18. The average Bonchev–Trinajstić information content (AvgIpc) is 3.35. The standard InChI is InChI=1S/C26H24ClN4O2/c1-33-25-14-18(13-22(27)26(25)32)17-4-7-23-21(12-17)24(8-9-28-23)30-19-5-6-20(29-15-19)16-31-10-2-3-11-31/h4-7,9,12-15,32H,2-3,10-11,16H2,1H3,(H,28,30). The number of halogens is 1. The summed E-state index contributed by atoms with van der Waals surface area (Å²) in [4.78, 5) is 11.5. The van der Waals surface area contributed by atoms with Crippen molar-refractivity contribution in [3.05, 3.63) is 71.6 Å². The zero-order valence-corrected chi connectivity index (χ0v) is 19.1. The highest BCUT2D eigenvalue weighted by atomic mass is 35.5. The third-order valence-electron chi connectivity index (χ3n) is 5.94. The lowest BCUT2D eigenvalue weighted by Gasteiger charge is -2.14. The highest BCUT2D eigenvalue weighted by Gasteiger charge is 2.13. The number of ether oxygens (including phenoxy) is 1. The molecule has 1 radical (unpaired) electrons. The van der Waals surface area contributed by atoms with Gasteiger partial charge in [-0.3, -0.25) is 14.9 Å². The maximum atomic E-state index is 10.1. The first-order chi connectivity index (χ1) is 16.1. The van der Waals surface area contributed by atoms with Crippen molar-refractivity contribution >= 4 is 33.9 Å². The lowest BCUT2D eigenvalue weighted by Crippen LogP contribution is -2.18. The van der Waals surface area contributed by atoms with Crippen LogP contribution in [0.2, 0.25) is 5.02 Å². The van der Waals surface area contributed by atoms with Crippen LogP contribution in [0.4, 0.5) is 11.4 Å². The normalized spacial score (nSPS) is 14.0. The Morgan fingerprint density at radius 3 is 2.70 bits per heavy atom. The van der Waals surface area contributed by atoms with Crippen molar-refractivity contribution in [3.8, 4) is 22.6 Å². The highest BCUT2D eigenvalue weighted by Crippen LogP contribution is 2.39. The topological polar surface area (TPSA) is 70.5 Å². The van der Waals surface area contributed by atoms with E-state index in [4.69, 9.17) is 16.3 Å². The first-order valence-electron chi connectivity index (χ1n) is 10.9. The van der Waals surface area contributed by atoms with Gasteiger partial charge in [0.05, 0.1) is 40.9 Å². The number of nitrogens with one attached hydrogen (secondary N) is 1. The second-order valence-electron chi connectivity index (χ2n) is 8.16. The smallest absolute Gasteiger partial charge is 0.176 e. The first-order valence-corrected chi connectivity index (χ1v) is 11.3. The van der Waals surface area contributed by atoms with Gasteiger partial charge in [0.2, 0.25) is 0 Å². The van der Waals surface area contributed by atoms with E-state index in [1.807, 2.05) is 30.5 Å². The molecule has 0 saturated carbocycles. The Hall–Kier alpha value is -3.35. The molecular formula is C26H24ClN4O2. The Morgan fingerprint density at radius 2 is 1.94 bits per heavy atom. The Morgan fingerprint density at radius 1 is 1.09 bits per heavy atom. The van der Waals surface area contributed by atoms with Gasteiger partial charge in [-0.2, -0.15) is 0 Å². The fourth-order valence-corrected chi connectivity index (χ4v) is 4.39. The number of hydrogen-bond donors (Lipinski definition) is 2. The molecule has 0 spiro atoms. The molecule has 0 atom stereocenters. The Labute approximate surface area is 197 Å². The Balaban J connectivity index is 1.44. The number of aromatic nitrogens is 2. The molecule has 0 aliphatic carbocycles. The van der Waals surface area contributed by atoms with Gasteiger partial charge in [0.1, 0.15) is 0 Å². The molecule has 1 saturated heterocycles. The van der Waals surface area contributed by atoms with Crippen LogP contribution < -0.4 is 10.1 Å². The van der Waals surface area contributed by atoms with Crippen molar-refractivity contribution in [1.29, 1.82) is 0 Å². The Kier molecular flexibility index (Phi) is 6.03. The molecule has 2 aromatic carbocycles. The van der Waals surface area contributed by atoms with Gasteiger partial charge < -0.3 is 15.2 Å². The van der Waals surface area contributed by atoms with E-state index >= 15 is 0 Å². The molecule has 0 bridgehead atoms. The Bertz CT molecular complexity index is 1290. The molecule has 1 aliphatic heterocycles. The predicted octanol–water partition coefficient (Wildman–Crippen LogP) is 5.80. The minimum Gasteiger partial charge on any atom is -0.503 e. The molecule has 1 fully saturated rings. The number of fused-ring (bicyclic) bond motifs is 1. The molecule has 4 aromatic rings. The number of benzene rings is 2. The zero-order chi connectivity index (χ0) is 22.8. The maximum Gasteiger partial charge on any atom is 0.176 e. The molecule has 2 N–H and O–H groups in total. The van der Waals surface area contributed by atoms with E-state index in [9.17, 15) is 5.11 Å². The molecule has 2 aromatic heterocycles. The van der Waals surface area contributed by atoms with Crippen LogP contribution >= 0.6 is 11.6 Å². The number of phenols is 1. The van der Waals surface area contributed by atoms with Crippen LogP contribution in [0.1, 0.15) is 18.5 Å². The summed E-state index contributed by atoms with van der Waals surface area (Å²) in [5.74, 6) is 0.260. The van der Waals surface area contributed by atoms with E-state index in [0.717, 1.165) is 58.7 Å². The summed E-state index contributed by atoms with van der Waals surface area (Å²) in [6.45, 7) is 3.20. The average molecular weight is 460 g/mol. The predicted molar refractivity (Wildman–Crippen MR) is 131 cm³/mol. The minimum atomic E-state index is -0.0678. The molecule has 7 heteroatoms. The number of anilines is 2. The number of likely N-dealkylation sites (tertiary alicyclic amines) is 1. The van der Waals surface area contributed by atoms with E-state index in [1.165, 1.54) is 20.0 Å². The van der Waals surface area contributed by atoms with Crippen LogP contribution in [0.15, 0.2) is 54.9 Å². The third-order valence-corrected chi connectivity index (χ3v) is 6.23. The van der Waals surface area contributed by atoms with Crippen LogP contribution in [0.3, 0.4) is 0 Å². The molecular weight excluding hydrogens is 436 g/mol. The lowest BCUT2D eigenvalue weighted by molar-refractivity contribution is 0.327. The summed E-state index contributed by atoms with van der Waals surface area (Å²) in [5, 5.41) is 14.6. The summed E-state index contributed by atoms with van der Waals surface area (Å²) < 4.78 is 5.25. The third kappa shape index (κ3) is 4.58. The maximum absolute atomic E-state index is 10.1. The second kappa shape index (κ2) is 9.25. The number of hydrogen-bond acceptors (Lipinski definition) is 6. The molecule has 5 rings (SSSR count). The number of phenolic OH excluding ortho intramolecular Hbond substituents is 1. The van der Waals surface area contributed by atoms with E-state index < -0.39 is 0 Å². The van der Waals surface area contributed by atoms with E-state index in [1.54, 1.807) is 18.3 Å². The molecule has 0 amide bonds. The quantitative estimate of drug-likeness (QED) is 0.379. The van der Waals surface area contributed by atoms with Gasteiger partial charge in [0.25, 0.3) is 0 Å². The molecule has 1 aliphatic rings. The monoisotopic (exact) mass is 459 g/mol. The lowest BCUT2D eigenvalue weighted by atomic mass is 10.0. The van der Waals surface area contributed by atoms with Crippen molar-refractivity contribution in [1.82, 2.24) is 14.9 Å². The van der Waals surface area contributed by atoms with Crippen LogP contribution in [-0.4, -0.2) is 40.2 Å². The van der Waals surface area contributed by atoms with E-state index in [-0.39, 0.29) is 10.8 Å². The molecule has 167 valence electrons. The number of nitrogens with zero attached hydrogens (tertiary/aromatic N) is 3. The van der Waals surface area contributed by atoms with E-state index in [2.05, 4.69) is 32.3 Å². The van der Waals surface area contributed by atoms with Crippen molar-refractivity contribution in [2.45, 2.75) is 19.4 Å². The summed E-state index contributed by atoms with van der Waals surface area (Å²) in [6.07, 6.45) is 6.07. The van der Waals surface area contributed by atoms with Crippen molar-refractivity contribution in [2.24, 2.45) is 0 Å². The molecule has 0 unspecified atom stereocenters. The van der Waals surface area contributed by atoms with Crippen LogP contribution in [0.5, 0.6) is 11.5 Å². The SMILES string of the molecule is COc1cc(-c2ccc3nc[c]c(Nc4ccc(CN5CCCC5)nc4)c3c2)cc(Cl)c1O. The van der Waals surface area contributed by atoms with Gasteiger partial charge in [-0.05, 0) is 73.5 Å². The second-order valence-corrected chi connectivity index (χ2v) is 8.57. The fraction of sp³-hybridized carbons (Fsp3) is 0.231. The number of pyridine rings is 2. The van der Waals surface area contributed by atoms with Crippen LogP contribution in [-0.2, 0) is 6.54 Å². The van der Waals surface area contributed by atoms with Gasteiger partial charge >= 0.3 is 0 Å². The first kappa shape index (κ1) is 21.5. The minimum absolute atomic E-state index is 0.0678. The molecule has 6 nitrogen and oxygen atoms in total. The number of methoxy groups -OCH3 is 1. The summed E-state index contributed by atoms with van der Waals surface area (Å²) in [7, 11) is 1.50. The van der Waals surface area contributed by atoms with Gasteiger partial charge in [0, 0.05) is 24.2 Å². The zero-order valence-electron chi connectivity index (χ0n) is 18.3. The van der Waals surface area contributed by atoms with Gasteiger partial charge in [-0.25, -0.2) is 0 Å². The van der Waals surface area contributed by atoms with Crippen molar-refractivity contribution < 1.29 is 9.84 Å². The largest absolute Gasteiger partial charge is 0.503 e. The summed E-state index contributed by atoms with van der Waals surface area (Å²) in [6, 6.07) is 16.8. The molecule has 33 heavy (non-hydrogen) atoms. The molecule has 3 heterocycles. The highest BCUT2D eigenvalue weighted by molar-refractivity contribution is 6.32. The van der Waals surface area contributed by atoms with Gasteiger partial charge in [-0.1, -0.05) is 17.7 Å². The van der Waals surface area contributed by atoms with Crippen molar-refractivity contribution in [2.75, 3.05) is 25.5 Å². The number of rotatable bonds is 6. The van der Waals surface area contributed by atoms with Gasteiger partial charge in [0.15, 0.2) is 11.5 Å². The summed E-state index contributed by atoms with van der Waals surface area (Å²) >= 11 is 6.20. The van der Waals surface area contributed by atoms with Crippen molar-refractivity contribution in [3.63, 3.8) is 0 Å². The summed E-state index contributed by atoms with van der Waals surface area (Å²) in [5.41, 5.74) is 5.38. The van der Waals surface area contributed by atoms with Crippen LogP contribution in [0.25, 0.3) is 22.0 Å². The number of aromatic hydroxyl groups is 1. The van der Waals surface area contributed by atoms with E-state index in [0.29, 0.717) is 5.75 Å².